The SMILES string of the molecule is CCCCCCCCCCC1CCCCCC1. The minimum Gasteiger partial charge on any atom is -0.0654 e. The number of rotatable bonds is 9. The Kier molecular flexibility index (Phi) is 9.84. The second-order valence-corrected chi connectivity index (χ2v) is 6.12. The van der Waals surface area contributed by atoms with E-state index >= 15 is 0 Å². The van der Waals surface area contributed by atoms with Gasteiger partial charge in [-0.1, -0.05) is 103 Å². The Hall–Kier alpha value is 0. The topological polar surface area (TPSA) is 0 Å². The van der Waals surface area contributed by atoms with Gasteiger partial charge in [-0.25, -0.2) is 0 Å². The van der Waals surface area contributed by atoms with Crippen molar-refractivity contribution in [3.05, 3.63) is 0 Å². The van der Waals surface area contributed by atoms with Crippen LogP contribution in [0.15, 0.2) is 0 Å². The first-order valence-corrected chi connectivity index (χ1v) is 8.43. The van der Waals surface area contributed by atoms with Gasteiger partial charge in [-0.3, -0.25) is 0 Å². The van der Waals surface area contributed by atoms with Gasteiger partial charge in [0.1, 0.15) is 0 Å². The maximum Gasteiger partial charge on any atom is -0.0414 e. The fourth-order valence-corrected chi connectivity index (χ4v) is 3.22. The van der Waals surface area contributed by atoms with E-state index < -0.39 is 0 Å². The summed E-state index contributed by atoms with van der Waals surface area (Å²) in [6.07, 6.45) is 22.4. The number of unbranched alkanes of at least 4 members (excludes halogenated alkanes) is 7. The van der Waals surface area contributed by atoms with Crippen LogP contribution in [0.2, 0.25) is 0 Å². The van der Waals surface area contributed by atoms with E-state index in [1.54, 1.807) is 0 Å². The highest BCUT2D eigenvalue weighted by Gasteiger charge is 2.11. The van der Waals surface area contributed by atoms with Crippen molar-refractivity contribution in [1.29, 1.82) is 0 Å². The standard InChI is InChI=1S/C17H34/c1-2-3-4-5-6-7-8-11-14-17-15-12-9-10-13-16-17/h17H,2-16H2,1H3. The molecule has 0 aliphatic heterocycles. The Morgan fingerprint density at radius 3 is 1.76 bits per heavy atom. The molecule has 0 heteroatoms. The zero-order valence-corrected chi connectivity index (χ0v) is 12.2. The van der Waals surface area contributed by atoms with E-state index in [-0.39, 0.29) is 0 Å². The Labute approximate surface area is 110 Å². The fraction of sp³-hybridized carbons (Fsp3) is 1.00. The first kappa shape index (κ1) is 15.1. The average molecular weight is 238 g/mol. The van der Waals surface area contributed by atoms with Gasteiger partial charge in [0.25, 0.3) is 0 Å². The summed E-state index contributed by atoms with van der Waals surface area (Å²) >= 11 is 0. The molecule has 0 aromatic rings. The van der Waals surface area contributed by atoms with Gasteiger partial charge >= 0.3 is 0 Å². The quantitative estimate of drug-likeness (QED) is 0.318. The van der Waals surface area contributed by atoms with Crippen molar-refractivity contribution in [2.75, 3.05) is 0 Å². The van der Waals surface area contributed by atoms with E-state index in [9.17, 15) is 0 Å². The van der Waals surface area contributed by atoms with E-state index in [1.165, 1.54) is 96.3 Å². The summed E-state index contributed by atoms with van der Waals surface area (Å²) in [5.74, 6) is 1.09. The lowest BCUT2D eigenvalue weighted by atomic mass is 9.93. The van der Waals surface area contributed by atoms with Gasteiger partial charge in [0.05, 0.1) is 0 Å². The molecule has 1 aliphatic carbocycles. The van der Waals surface area contributed by atoms with Crippen LogP contribution < -0.4 is 0 Å². The average Bonchev–Trinajstić information content (AvgIpc) is 2.61. The smallest absolute Gasteiger partial charge is 0.0414 e. The van der Waals surface area contributed by atoms with E-state index in [4.69, 9.17) is 0 Å². The normalized spacial score (nSPS) is 18.2. The van der Waals surface area contributed by atoms with Gasteiger partial charge in [0, 0.05) is 0 Å². The van der Waals surface area contributed by atoms with E-state index in [2.05, 4.69) is 6.92 Å². The van der Waals surface area contributed by atoms with Gasteiger partial charge in [-0.2, -0.15) is 0 Å². The van der Waals surface area contributed by atoms with Crippen LogP contribution in [-0.2, 0) is 0 Å². The molecular weight excluding hydrogens is 204 g/mol. The van der Waals surface area contributed by atoms with Crippen molar-refractivity contribution in [2.24, 2.45) is 5.92 Å². The van der Waals surface area contributed by atoms with Gasteiger partial charge < -0.3 is 0 Å². The number of hydrogen-bond acceptors (Lipinski definition) is 0. The molecule has 1 saturated carbocycles. The molecule has 0 heterocycles. The van der Waals surface area contributed by atoms with Crippen molar-refractivity contribution in [1.82, 2.24) is 0 Å². The monoisotopic (exact) mass is 238 g/mol. The van der Waals surface area contributed by atoms with Crippen molar-refractivity contribution in [3.63, 3.8) is 0 Å². The summed E-state index contributed by atoms with van der Waals surface area (Å²) in [4.78, 5) is 0. The van der Waals surface area contributed by atoms with Crippen LogP contribution in [0.3, 0.4) is 0 Å². The molecule has 1 rings (SSSR count). The molecule has 0 saturated heterocycles. The van der Waals surface area contributed by atoms with Crippen molar-refractivity contribution < 1.29 is 0 Å². The lowest BCUT2D eigenvalue weighted by molar-refractivity contribution is 0.404. The first-order chi connectivity index (χ1) is 8.43. The molecule has 102 valence electrons. The van der Waals surface area contributed by atoms with Crippen molar-refractivity contribution >= 4 is 0 Å². The molecular formula is C17H34. The lowest BCUT2D eigenvalue weighted by Crippen LogP contribution is -1.98. The van der Waals surface area contributed by atoms with Crippen molar-refractivity contribution in [2.45, 2.75) is 103 Å². The third kappa shape index (κ3) is 8.69. The molecule has 0 radical (unpaired) electrons. The highest BCUT2D eigenvalue weighted by atomic mass is 14.2. The van der Waals surface area contributed by atoms with Gasteiger partial charge in [0.15, 0.2) is 0 Å². The van der Waals surface area contributed by atoms with Crippen LogP contribution in [0.5, 0.6) is 0 Å². The Balaban J connectivity index is 1.82. The zero-order chi connectivity index (χ0) is 12.2. The van der Waals surface area contributed by atoms with E-state index in [0.717, 1.165) is 5.92 Å². The van der Waals surface area contributed by atoms with Crippen LogP contribution >= 0.6 is 0 Å². The summed E-state index contributed by atoms with van der Waals surface area (Å²) in [7, 11) is 0. The summed E-state index contributed by atoms with van der Waals surface area (Å²) < 4.78 is 0. The van der Waals surface area contributed by atoms with Crippen LogP contribution in [0, 0.1) is 5.92 Å². The van der Waals surface area contributed by atoms with Crippen LogP contribution in [-0.4, -0.2) is 0 Å². The van der Waals surface area contributed by atoms with Gasteiger partial charge in [-0.15, -0.1) is 0 Å². The van der Waals surface area contributed by atoms with Crippen molar-refractivity contribution in [3.8, 4) is 0 Å². The van der Waals surface area contributed by atoms with Gasteiger partial charge in [0.2, 0.25) is 0 Å². The third-order valence-electron chi connectivity index (χ3n) is 4.44. The molecule has 0 N–H and O–H groups in total. The fourth-order valence-electron chi connectivity index (χ4n) is 3.22. The molecule has 0 unspecified atom stereocenters. The maximum atomic E-state index is 2.30. The summed E-state index contributed by atoms with van der Waals surface area (Å²) in [6.45, 7) is 2.30. The summed E-state index contributed by atoms with van der Waals surface area (Å²) in [5.41, 5.74) is 0. The molecule has 0 nitrogen and oxygen atoms in total. The summed E-state index contributed by atoms with van der Waals surface area (Å²) in [5, 5.41) is 0. The second kappa shape index (κ2) is 11.1. The maximum absolute atomic E-state index is 2.30. The predicted molar refractivity (Wildman–Crippen MR) is 78.4 cm³/mol. The number of hydrogen-bond donors (Lipinski definition) is 0. The van der Waals surface area contributed by atoms with Gasteiger partial charge in [-0.05, 0) is 5.92 Å². The zero-order valence-electron chi connectivity index (χ0n) is 12.2. The van der Waals surface area contributed by atoms with Crippen LogP contribution in [0.1, 0.15) is 103 Å². The minimum atomic E-state index is 1.09. The summed E-state index contributed by atoms with van der Waals surface area (Å²) in [6, 6.07) is 0. The molecule has 0 spiro atoms. The molecule has 0 aromatic carbocycles. The minimum absolute atomic E-state index is 1.09. The largest absolute Gasteiger partial charge is 0.0654 e. The Morgan fingerprint density at radius 2 is 1.18 bits per heavy atom. The highest BCUT2D eigenvalue weighted by molar-refractivity contribution is 4.64. The molecule has 17 heavy (non-hydrogen) atoms. The predicted octanol–water partition coefficient (Wildman–Crippen LogP) is 6.49. The first-order valence-electron chi connectivity index (χ1n) is 8.43. The molecule has 0 bridgehead atoms. The molecule has 0 amide bonds. The second-order valence-electron chi connectivity index (χ2n) is 6.12. The Morgan fingerprint density at radius 1 is 0.647 bits per heavy atom. The Bertz CT molecular complexity index is 142. The van der Waals surface area contributed by atoms with E-state index in [0.29, 0.717) is 0 Å². The third-order valence-corrected chi connectivity index (χ3v) is 4.44. The molecule has 1 fully saturated rings. The molecule has 0 atom stereocenters. The lowest BCUT2D eigenvalue weighted by Gasteiger charge is -2.13. The highest BCUT2D eigenvalue weighted by Crippen LogP contribution is 2.27. The van der Waals surface area contributed by atoms with Crippen LogP contribution in [0.4, 0.5) is 0 Å². The van der Waals surface area contributed by atoms with Crippen LogP contribution in [0.25, 0.3) is 0 Å². The molecule has 1 aliphatic rings. The van der Waals surface area contributed by atoms with E-state index in [1.807, 2.05) is 0 Å². The molecule has 0 aromatic heterocycles.